The van der Waals surface area contributed by atoms with Crippen LogP contribution in [-0.2, 0) is 4.74 Å². The number of nitrogen functional groups attached to an aromatic ring is 1. The molecular formula is C13H15ClFN3O. The van der Waals surface area contributed by atoms with Gasteiger partial charge in [0.1, 0.15) is 5.82 Å². The van der Waals surface area contributed by atoms with E-state index in [9.17, 15) is 4.39 Å². The molecule has 19 heavy (non-hydrogen) atoms. The Kier molecular flexibility index (Phi) is 3.11. The number of anilines is 1. The standard InChI is InChI=1S/C13H15ClFN3O/c1-19-12-4-2-3-10(12)18-11-5-7(14)8(15)6-9(11)17-13(18)16/h5-6,10,12H,2-4H2,1H3,(H2,16,17). The molecule has 1 aromatic heterocycles. The molecule has 3 rings (SSSR count). The van der Waals surface area contributed by atoms with E-state index >= 15 is 0 Å². The van der Waals surface area contributed by atoms with Crippen LogP contribution in [0.4, 0.5) is 10.3 Å². The number of aromatic nitrogens is 2. The zero-order chi connectivity index (χ0) is 13.6. The number of nitrogens with zero attached hydrogens (tertiary/aromatic N) is 2. The molecule has 1 aliphatic carbocycles. The maximum atomic E-state index is 13.5. The van der Waals surface area contributed by atoms with Crippen molar-refractivity contribution in [2.75, 3.05) is 12.8 Å². The maximum Gasteiger partial charge on any atom is 0.201 e. The molecule has 102 valence electrons. The Morgan fingerprint density at radius 3 is 3.00 bits per heavy atom. The van der Waals surface area contributed by atoms with Crippen LogP contribution in [0, 0.1) is 5.82 Å². The van der Waals surface area contributed by atoms with Crippen molar-refractivity contribution in [2.45, 2.75) is 31.4 Å². The molecule has 0 amide bonds. The summed E-state index contributed by atoms with van der Waals surface area (Å²) in [6, 6.07) is 3.04. The summed E-state index contributed by atoms with van der Waals surface area (Å²) in [4.78, 5) is 4.21. The van der Waals surface area contributed by atoms with Gasteiger partial charge in [-0.2, -0.15) is 0 Å². The lowest BCUT2D eigenvalue weighted by Gasteiger charge is -2.21. The summed E-state index contributed by atoms with van der Waals surface area (Å²) in [7, 11) is 1.70. The average molecular weight is 284 g/mol. The van der Waals surface area contributed by atoms with Crippen molar-refractivity contribution < 1.29 is 9.13 Å². The molecule has 2 atom stereocenters. The fourth-order valence-electron chi connectivity index (χ4n) is 2.93. The number of fused-ring (bicyclic) bond motifs is 1. The van der Waals surface area contributed by atoms with Gasteiger partial charge < -0.3 is 15.0 Å². The third-order valence-corrected chi connectivity index (χ3v) is 4.10. The van der Waals surface area contributed by atoms with E-state index < -0.39 is 5.82 Å². The van der Waals surface area contributed by atoms with Crippen molar-refractivity contribution in [3.63, 3.8) is 0 Å². The van der Waals surface area contributed by atoms with Crippen LogP contribution in [0.25, 0.3) is 11.0 Å². The topological polar surface area (TPSA) is 53.1 Å². The second-order valence-electron chi connectivity index (χ2n) is 4.87. The Balaban J connectivity index is 2.17. The van der Waals surface area contributed by atoms with Crippen LogP contribution in [0.2, 0.25) is 5.02 Å². The highest BCUT2D eigenvalue weighted by Gasteiger charge is 2.31. The summed E-state index contributed by atoms with van der Waals surface area (Å²) in [6.07, 6.45) is 3.17. The van der Waals surface area contributed by atoms with E-state index in [1.54, 1.807) is 13.2 Å². The quantitative estimate of drug-likeness (QED) is 0.921. The predicted octanol–water partition coefficient (Wildman–Crippen LogP) is 3.15. The van der Waals surface area contributed by atoms with Gasteiger partial charge in [-0.05, 0) is 25.3 Å². The van der Waals surface area contributed by atoms with E-state index in [-0.39, 0.29) is 17.2 Å². The van der Waals surface area contributed by atoms with Gasteiger partial charge in [-0.15, -0.1) is 0 Å². The summed E-state index contributed by atoms with van der Waals surface area (Å²) >= 11 is 5.86. The lowest BCUT2D eigenvalue weighted by atomic mass is 10.2. The molecular weight excluding hydrogens is 269 g/mol. The van der Waals surface area contributed by atoms with Crippen LogP contribution in [0.3, 0.4) is 0 Å². The van der Waals surface area contributed by atoms with Crippen molar-refractivity contribution in [1.29, 1.82) is 0 Å². The molecule has 0 radical (unpaired) electrons. The van der Waals surface area contributed by atoms with Gasteiger partial charge in [0, 0.05) is 13.2 Å². The van der Waals surface area contributed by atoms with Gasteiger partial charge in [0.15, 0.2) is 0 Å². The van der Waals surface area contributed by atoms with Gasteiger partial charge >= 0.3 is 0 Å². The fraction of sp³-hybridized carbons (Fsp3) is 0.462. The van der Waals surface area contributed by atoms with Gasteiger partial charge in [0.25, 0.3) is 0 Å². The highest BCUT2D eigenvalue weighted by molar-refractivity contribution is 6.31. The van der Waals surface area contributed by atoms with Crippen molar-refractivity contribution >= 4 is 28.6 Å². The number of hydrogen-bond acceptors (Lipinski definition) is 3. The molecule has 1 fully saturated rings. The first-order chi connectivity index (χ1) is 9.11. The highest BCUT2D eigenvalue weighted by Crippen LogP contribution is 2.37. The largest absolute Gasteiger partial charge is 0.379 e. The minimum Gasteiger partial charge on any atom is -0.379 e. The van der Waals surface area contributed by atoms with Crippen molar-refractivity contribution in [1.82, 2.24) is 9.55 Å². The predicted molar refractivity (Wildman–Crippen MR) is 72.8 cm³/mol. The Morgan fingerprint density at radius 2 is 2.26 bits per heavy atom. The lowest BCUT2D eigenvalue weighted by molar-refractivity contribution is 0.0768. The SMILES string of the molecule is COC1CCCC1n1c(N)nc2cc(F)c(Cl)cc21. The first-order valence-corrected chi connectivity index (χ1v) is 6.65. The molecule has 2 unspecified atom stereocenters. The summed E-state index contributed by atoms with van der Waals surface area (Å²) in [5, 5.41) is 0.0839. The average Bonchev–Trinajstić information content (AvgIpc) is 2.93. The monoisotopic (exact) mass is 283 g/mol. The van der Waals surface area contributed by atoms with E-state index in [1.165, 1.54) is 6.07 Å². The molecule has 2 N–H and O–H groups in total. The smallest absolute Gasteiger partial charge is 0.201 e. The Morgan fingerprint density at radius 1 is 1.47 bits per heavy atom. The van der Waals surface area contributed by atoms with Crippen LogP contribution in [0.1, 0.15) is 25.3 Å². The van der Waals surface area contributed by atoms with Crippen LogP contribution < -0.4 is 5.73 Å². The zero-order valence-corrected chi connectivity index (χ0v) is 11.3. The highest BCUT2D eigenvalue weighted by atomic mass is 35.5. The molecule has 0 aliphatic heterocycles. The molecule has 0 bridgehead atoms. The number of nitrogens with two attached hydrogens (primary N) is 1. The third kappa shape index (κ3) is 1.97. The van der Waals surface area contributed by atoms with E-state index in [4.69, 9.17) is 22.1 Å². The maximum absolute atomic E-state index is 13.5. The zero-order valence-electron chi connectivity index (χ0n) is 10.6. The van der Waals surface area contributed by atoms with Crippen LogP contribution in [0.15, 0.2) is 12.1 Å². The Bertz CT molecular complexity index is 628. The van der Waals surface area contributed by atoms with E-state index in [0.29, 0.717) is 11.5 Å². The summed E-state index contributed by atoms with van der Waals surface area (Å²) in [5.74, 6) is -0.0980. The van der Waals surface area contributed by atoms with Gasteiger partial charge in [-0.1, -0.05) is 11.6 Å². The lowest BCUT2D eigenvalue weighted by Crippen LogP contribution is -2.21. The number of methoxy groups -OCH3 is 1. The van der Waals surface area contributed by atoms with Gasteiger partial charge in [0.05, 0.1) is 28.2 Å². The van der Waals surface area contributed by atoms with Gasteiger partial charge in [-0.3, -0.25) is 0 Å². The van der Waals surface area contributed by atoms with E-state index in [2.05, 4.69) is 4.98 Å². The first-order valence-electron chi connectivity index (χ1n) is 6.27. The van der Waals surface area contributed by atoms with Crippen molar-refractivity contribution in [3.05, 3.63) is 23.0 Å². The second kappa shape index (κ2) is 4.65. The van der Waals surface area contributed by atoms with Gasteiger partial charge in [-0.25, -0.2) is 9.37 Å². The van der Waals surface area contributed by atoms with Crippen LogP contribution in [-0.4, -0.2) is 22.8 Å². The molecule has 4 nitrogen and oxygen atoms in total. The first kappa shape index (κ1) is 12.7. The molecule has 0 spiro atoms. The second-order valence-corrected chi connectivity index (χ2v) is 5.27. The number of halogens is 2. The van der Waals surface area contributed by atoms with Crippen molar-refractivity contribution in [2.24, 2.45) is 0 Å². The molecule has 1 heterocycles. The van der Waals surface area contributed by atoms with Crippen molar-refractivity contribution in [3.8, 4) is 0 Å². The number of benzene rings is 1. The molecule has 1 aliphatic rings. The Labute approximate surface area is 115 Å². The number of ether oxygens (including phenoxy) is 1. The number of rotatable bonds is 2. The molecule has 1 saturated carbocycles. The molecule has 2 aromatic rings. The fourth-order valence-corrected chi connectivity index (χ4v) is 3.09. The number of hydrogen-bond donors (Lipinski definition) is 1. The molecule has 0 saturated heterocycles. The van der Waals surface area contributed by atoms with E-state index in [1.807, 2.05) is 4.57 Å². The van der Waals surface area contributed by atoms with E-state index in [0.717, 1.165) is 24.8 Å². The van der Waals surface area contributed by atoms with Crippen LogP contribution in [0.5, 0.6) is 0 Å². The third-order valence-electron chi connectivity index (χ3n) is 3.81. The minimum absolute atomic E-state index is 0.0839. The van der Waals surface area contributed by atoms with Crippen LogP contribution >= 0.6 is 11.6 Å². The Hall–Kier alpha value is -1.33. The summed E-state index contributed by atoms with van der Waals surface area (Å²) in [5.41, 5.74) is 7.27. The van der Waals surface area contributed by atoms with Gasteiger partial charge in [0.2, 0.25) is 5.95 Å². The molecule has 6 heteroatoms. The summed E-state index contributed by atoms with van der Waals surface area (Å²) < 4.78 is 20.9. The normalized spacial score (nSPS) is 23.3. The minimum atomic E-state index is -0.478. The number of imidazole rings is 1. The molecule has 1 aromatic carbocycles. The summed E-state index contributed by atoms with van der Waals surface area (Å²) in [6.45, 7) is 0.